The number of methoxy groups -OCH3 is 1. The van der Waals surface area contributed by atoms with E-state index in [9.17, 15) is 13.2 Å². The lowest BCUT2D eigenvalue weighted by atomic mass is 10.1. The Kier molecular flexibility index (Phi) is 7.41. The molecule has 1 fully saturated rings. The smallest absolute Gasteiger partial charge is 0.274 e. The highest BCUT2D eigenvalue weighted by atomic mass is 35.5. The van der Waals surface area contributed by atoms with Crippen LogP contribution in [0.5, 0.6) is 10.9 Å². The van der Waals surface area contributed by atoms with Gasteiger partial charge in [-0.1, -0.05) is 22.9 Å². The minimum absolute atomic E-state index is 0.00166. The molecule has 0 saturated carbocycles. The van der Waals surface area contributed by atoms with Crippen LogP contribution >= 0.6 is 22.9 Å². The van der Waals surface area contributed by atoms with Gasteiger partial charge in [0.1, 0.15) is 11.9 Å². The molecule has 0 unspecified atom stereocenters. The average Bonchev–Trinajstić information content (AvgIpc) is 3.21. The number of hydrogen-bond acceptors (Lipinski definition) is 7. The first-order valence-electron chi connectivity index (χ1n) is 10.7. The minimum Gasteiger partial charge on any atom is -0.497 e. The third kappa shape index (κ3) is 5.96. The summed E-state index contributed by atoms with van der Waals surface area (Å²) in [6.07, 6.45) is 1.93. The van der Waals surface area contributed by atoms with Gasteiger partial charge in [0, 0.05) is 43.4 Å². The molecular weight excluding hydrogens is 484 g/mol. The molecule has 0 atom stereocenters. The van der Waals surface area contributed by atoms with Crippen molar-refractivity contribution in [3.63, 3.8) is 0 Å². The van der Waals surface area contributed by atoms with Gasteiger partial charge in [0.05, 0.1) is 28.0 Å². The molecule has 10 heteroatoms. The molecule has 0 aliphatic carbocycles. The van der Waals surface area contributed by atoms with Gasteiger partial charge < -0.3 is 14.4 Å². The molecule has 2 aromatic carbocycles. The van der Waals surface area contributed by atoms with Crippen molar-refractivity contribution in [3.05, 3.63) is 47.5 Å². The van der Waals surface area contributed by atoms with E-state index in [1.54, 1.807) is 24.1 Å². The van der Waals surface area contributed by atoms with E-state index in [4.69, 9.17) is 21.1 Å². The monoisotopic (exact) mass is 508 g/mol. The molecule has 1 aliphatic rings. The van der Waals surface area contributed by atoms with E-state index in [2.05, 4.69) is 4.98 Å². The fourth-order valence-corrected chi connectivity index (χ4v) is 6.06. The van der Waals surface area contributed by atoms with E-state index in [0.29, 0.717) is 36.1 Å². The summed E-state index contributed by atoms with van der Waals surface area (Å²) in [5.74, 6) is 0.668. The first kappa shape index (κ1) is 23.8. The van der Waals surface area contributed by atoms with Gasteiger partial charge in [0.2, 0.25) is 5.91 Å². The molecule has 1 aromatic heterocycles. The molecule has 0 spiro atoms. The van der Waals surface area contributed by atoms with Crippen LogP contribution in [0.4, 0.5) is 0 Å². The van der Waals surface area contributed by atoms with E-state index in [0.717, 1.165) is 16.0 Å². The Labute approximate surface area is 202 Å². The number of thiazole rings is 1. The van der Waals surface area contributed by atoms with Gasteiger partial charge in [0.25, 0.3) is 5.19 Å². The third-order valence-electron chi connectivity index (χ3n) is 5.61. The average molecular weight is 509 g/mol. The summed E-state index contributed by atoms with van der Waals surface area (Å²) in [6.45, 7) is 1.18. The highest BCUT2D eigenvalue weighted by molar-refractivity contribution is 7.91. The van der Waals surface area contributed by atoms with Gasteiger partial charge >= 0.3 is 0 Å². The van der Waals surface area contributed by atoms with Gasteiger partial charge in [-0.15, -0.1) is 0 Å². The van der Waals surface area contributed by atoms with Crippen molar-refractivity contribution in [2.45, 2.75) is 36.7 Å². The summed E-state index contributed by atoms with van der Waals surface area (Å²) in [5.41, 5.74) is 0.843. The second-order valence-corrected chi connectivity index (χ2v) is 11.4. The molecule has 7 nitrogen and oxygen atoms in total. The van der Waals surface area contributed by atoms with Crippen LogP contribution < -0.4 is 9.47 Å². The Balaban J connectivity index is 1.23. The van der Waals surface area contributed by atoms with E-state index in [-0.39, 0.29) is 35.5 Å². The molecule has 33 heavy (non-hydrogen) atoms. The van der Waals surface area contributed by atoms with Crippen LogP contribution in [0.15, 0.2) is 47.4 Å². The predicted octanol–water partition coefficient (Wildman–Crippen LogP) is 4.58. The van der Waals surface area contributed by atoms with Crippen LogP contribution in [0.1, 0.15) is 25.7 Å². The number of fused-ring (bicyclic) bond motifs is 1. The fraction of sp³-hybridized carbons (Fsp3) is 0.391. The van der Waals surface area contributed by atoms with Crippen LogP contribution in [0.25, 0.3) is 10.2 Å². The SMILES string of the molecule is COc1ccc2sc(OC3CCN(C(=O)CCCS(=O)(=O)c4ccc(Cl)cc4)CC3)nc2c1. The van der Waals surface area contributed by atoms with Crippen molar-refractivity contribution in [1.82, 2.24) is 9.88 Å². The van der Waals surface area contributed by atoms with Crippen LogP contribution in [-0.4, -0.2) is 56.3 Å². The van der Waals surface area contributed by atoms with E-state index < -0.39 is 9.84 Å². The molecule has 2 heterocycles. The number of sulfone groups is 1. The predicted molar refractivity (Wildman–Crippen MR) is 129 cm³/mol. The number of hydrogen-bond donors (Lipinski definition) is 0. The van der Waals surface area contributed by atoms with Crippen molar-refractivity contribution >= 4 is 48.9 Å². The summed E-state index contributed by atoms with van der Waals surface area (Å²) in [5, 5.41) is 1.11. The highest BCUT2D eigenvalue weighted by Crippen LogP contribution is 2.32. The molecule has 4 rings (SSSR count). The maximum absolute atomic E-state index is 12.6. The Hall–Kier alpha value is -2.36. The van der Waals surface area contributed by atoms with Gasteiger partial charge in [-0.25, -0.2) is 13.4 Å². The lowest BCUT2D eigenvalue weighted by Gasteiger charge is -2.31. The number of halogens is 1. The fourth-order valence-electron chi connectivity index (χ4n) is 3.76. The normalized spacial score (nSPS) is 15.0. The molecule has 0 radical (unpaired) electrons. The van der Waals surface area contributed by atoms with Crippen molar-refractivity contribution in [2.24, 2.45) is 0 Å². The van der Waals surface area contributed by atoms with Crippen molar-refractivity contribution in [1.29, 1.82) is 0 Å². The Bertz CT molecular complexity index is 1220. The zero-order chi connectivity index (χ0) is 23.4. The quantitative estimate of drug-likeness (QED) is 0.442. The molecule has 1 aliphatic heterocycles. The number of piperidine rings is 1. The number of rotatable bonds is 8. The first-order chi connectivity index (χ1) is 15.8. The largest absolute Gasteiger partial charge is 0.497 e. The number of ether oxygens (including phenoxy) is 2. The number of likely N-dealkylation sites (tertiary alicyclic amines) is 1. The first-order valence-corrected chi connectivity index (χ1v) is 13.6. The molecule has 176 valence electrons. The molecule has 3 aromatic rings. The summed E-state index contributed by atoms with van der Waals surface area (Å²) in [6, 6.07) is 11.8. The minimum atomic E-state index is -3.43. The lowest BCUT2D eigenvalue weighted by molar-refractivity contribution is -0.133. The Morgan fingerprint density at radius 3 is 2.61 bits per heavy atom. The maximum atomic E-state index is 12.6. The molecule has 0 bridgehead atoms. The second-order valence-electron chi connectivity index (χ2n) is 7.89. The van der Waals surface area contributed by atoms with Crippen LogP contribution in [0.3, 0.4) is 0 Å². The topological polar surface area (TPSA) is 85.8 Å². The standard InChI is InChI=1S/C23H25ClN2O5S2/c1-30-18-6-9-21-20(15-18)25-23(32-21)31-17-10-12-26(13-11-17)22(27)3-2-14-33(28,29)19-7-4-16(24)5-8-19/h4-9,15,17H,2-3,10-14H2,1H3. The Morgan fingerprint density at radius 2 is 1.91 bits per heavy atom. The van der Waals surface area contributed by atoms with Gasteiger partial charge in [0.15, 0.2) is 9.84 Å². The van der Waals surface area contributed by atoms with E-state index in [1.807, 2.05) is 18.2 Å². The number of nitrogens with zero attached hydrogens (tertiary/aromatic N) is 2. The summed E-state index contributed by atoms with van der Waals surface area (Å²) in [7, 11) is -1.80. The van der Waals surface area contributed by atoms with Crippen molar-refractivity contribution in [2.75, 3.05) is 26.0 Å². The molecular formula is C23H25ClN2O5S2. The van der Waals surface area contributed by atoms with Crippen molar-refractivity contribution in [3.8, 4) is 10.9 Å². The molecule has 1 amide bonds. The molecule has 1 saturated heterocycles. The maximum Gasteiger partial charge on any atom is 0.274 e. The second kappa shape index (κ2) is 10.3. The number of carbonyl (C=O) groups excluding carboxylic acids is 1. The van der Waals surface area contributed by atoms with Crippen LogP contribution in [-0.2, 0) is 14.6 Å². The summed E-state index contributed by atoms with van der Waals surface area (Å²) >= 11 is 7.31. The summed E-state index contributed by atoms with van der Waals surface area (Å²) < 4.78 is 37.2. The highest BCUT2D eigenvalue weighted by Gasteiger charge is 2.25. The zero-order valence-corrected chi connectivity index (χ0v) is 20.6. The van der Waals surface area contributed by atoms with Gasteiger partial charge in [-0.3, -0.25) is 4.79 Å². The van der Waals surface area contributed by atoms with Crippen LogP contribution in [0, 0.1) is 0 Å². The lowest BCUT2D eigenvalue weighted by Crippen LogP contribution is -2.41. The van der Waals surface area contributed by atoms with E-state index in [1.165, 1.54) is 23.5 Å². The number of benzene rings is 2. The van der Waals surface area contributed by atoms with Crippen LogP contribution in [0.2, 0.25) is 5.02 Å². The van der Waals surface area contributed by atoms with Gasteiger partial charge in [-0.05, 0) is 42.8 Å². The summed E-state index contributed by atoms with van der Waals surface area (Å²) in [4.78, 5) is 19.1. The third-order valence-corrected chi connectivity index (χ3v) is 8.61. The number of aromatic nitrogens is 1. The number of carbonyl (C=O) groups is 1. The van der Waals surface area contributed by atoms with Crippen molar-refractivity contribution < 1.29 is 22.7 Å². The van der Waals surface area contributed by atoms with E-state index >= 15 is 0 Å². The Morgan fingerprint density at radius 1 is 1.18 bits per heavy atom. The zero-order valence-electron chi connectivity index (χ0n) is 18.2. The number of amides is 1. The molecule has 0 N–H and O–H groups in total. The van der Waals surface area contributed by atoms with Gasteiger partial charge in [-0.2, -0.15) is 0 Å².